The molecule has 0 unspecified atom stereocenters. The maximum atomic E-state index is 12.7. The highest BCUT2D eigenvalue weighted by Gasteiger charge is 2.31. The smallest absolute Gasteiger partial charge is 0.229 e. The topological polar surface area (TPSA) is 92.3 Å². The van der Waals surface area contributed by atoms with Crippen LogP contribution in [0.1, 0.15) is 24.0 Å². The molecule has 0 atom stereocenters. The fourth-order valence-corrected chi connectivity index (χ4v) is 5.88. The molecule has 1 N–H and O–H groups in total. The van der Waals surface area contributed by atoms with Crippen LogP contribution in [0.5, 0.6) is 0 Å². The highest BCUT2D eigenvalue weighted by Crippen LogP contribution is 2.28. The molecule has 1 aliphatic rings. The van der Waals surface area contributed by atoms with Gasteiger partial charge in [-0.05, 0) is 25.3 Å². The fraction of sp³-hybridized carbons (Fsp3) is 0.318. The van der Waals surface area contributed by atoms with Gasteiger partial charge in [0.15, 0.2) is 0 Å². The van der Waals surface area contributed by atoms with Gasteiger partial charge >= 0.3 is 0 Å². The summed E-state index contributed by atoms with van der Waals surface area (Å²) >= 11 is 1.33. The molecule has 9 heteroatoms. The molecule has 1 amide bonds. The van der Waals surface area contributed by atoms with Crippen molar-refractivity contribution in [1.82, 2.24) is 14.5 Å². The van der Waals surface area contributed by atoms with E-state index in [1.54, 1.807) is 0 Å². The second-order valence-corrected chi connectivity index (χ2v) is 10.6. The van der Waals surface area contributed by atoms with Gasteiger partial charge in [-0.3, -0.25) is 4.79 Å². The first-order valence-corrected chi connectivity index (χ1v) is 12.6. The number of amides is 1. The van der Waals surface area contributed by atoms with Crippen molar-refractivity contribution in [2.24, 2.45) is 5.92 Å². The molecule has 0 radical (unpaired) electrons. The van der Waals surface area contributed by atoms with E-state index in [0.717, 1.165) is 16.1 Å². The third-order valence-electron chi connectivity index (χ3n) is 5.36. The van der Waals surface area contributed by atoms with Gasteiger partial charge in [-0.25, -0.2) is 12.7 Å². The summed E-state index contributed by atoms with van der Waals surface area (Å²) in [5, 5.41) is 12.3. The average Bonchev–Trinajstić information content (AvgIpc) is 3.23. The predicted molar refractivity (Wildman–Crippen MR) is 122 cm³/mol. The van der Waals surface area contributed by atoms with Crippen LogP contribution in [0.4, 0.5) is 5.13 Å². The number of sulfonamides is 1. The number of nitrogens with zero attached hydrogens (tertiary/aromatic N) is 3. The Morgan fingerprint density at radius 2 is 1.74 bits per heavy atom. The van der Waals surface area contributed by atoms with Crippen LogP contribution < -0.4 is 5.32 Å². The molecular weight excluding hydrogens is 432 g/mol. The number of piperidine rings is 1. The lowest BCUT2D eigenvalue weighted by Gasteiger charge is -2.30. The first kappa shape index (κ1) is 21.6. The van der Waals surface area contributed by atoms with Gasteiger partial charge in [0.2, 0.25) is 21.1 Å². The summed E-state index contributed by atoms with van der Waals surface area (Å²) in [6, 6.07) is 17.1. The van der Waals surface area contributed by atoms with Crippen molar-refractivity contribution in [3.8, 4) is 10.6 Å². The number of benzene rings is 2. The second kappa shape index (κ2) is 9.25. The van der Waals surface area contributed by atoms with Crippen LogP contribution in [0, 0.1) is 12.8 Å². The number of anilines is 1. The molecule has 1 aliphatic heterocycles. The van der Waals surface area contributed by atoms with Crippen LogP contribution >= 0.6 is 11.3 Å². The number of carbonyl (C=O) groups is 1. The predicted octanol–water partition coefficient (Wildman–Crippen LogP) is 3.69. The van der Waals surface area contributed by atoms with Crippen LogP contribution in [0.25, 0.3) is 10.6 Å². The molecule has 1 fully saturated rings. The zero-order valence-electron chi connectivity index (χ0n) is 17.2. The average molecular weight is 457 g/mol. The molecule has 4 rings (SSSR count). The van der Waals surface area contributed by atoms with Crippen molar-refractivity contribution in [1.29, 1.82) is 0 Å². The van der Waals surface area contributed by atoms with Crippen molar-refractivity contribution in [2.45, 2.75) is 25.5 Å². The summed E-state index contributed by atoms with van der Waals surface area (Å²) in [6.45, 7) is 2.71. The van der Waals surface area contributed by atoms with Gasteiger partial charge in [0.05, 0.1) is 5.75 Å². The summed E-state index contributed by atoms with van der Waals surface area (Å²) in [5.74, 6) is -0.390. The molecule has 0 saturated carbocycles. The first-order chi connectivity index (χ1) is 14.9. The first-order valence-electron chi connectivity index (χ1n) is 10.1. The molecule has 0 bridgehead atoms. The molecule has 31 heavy (non-hydrogen) atoms. The Morgan fingerprint density at radius 3 is 2.42 bits per heavy atom. The third-order valence-corrected chi connectivity index (χ3v) is 8.10. The van der Waals surface area contributed by atoms with Crippen LogP contribution in [0.2, 0.25) is 0 Å². The monoisotopic (exact) mass is 456 g/mol. The number of hydrogen-bond donors (Lipinski definition) is 1. The van der Waals surface area contributed by atoms with Gasteiger partial charge in [-0.15, -0.1) is 10.2 Å². The zero-order valence-corrected chi connectivity index (χ0v) is 18.8. The number of aromatic nitrogens is 2. The Morgan fingerprint density at radius 1 is 1.06 bits per heavy atom. The molecule has 1 saturated heterocycles. The Bertz CT molecular complexity index is 1140. The summed E-state index contributed by atoms with van der Waals surface area (Å²) in [4.78, 5) is 12.7. The number of aryl methyl sites for hydroxylation is 1. The fourth-order valence-electron chi connectivity index (χ4n) is 3.57. The maximum Gasteiger partial charge on any atom is 0.229 e. The minimum Gasteiger partial charge on any atom is -0.300 e. The Hall–Kier alpha value is -2.62. The van der Waals surface area contributed by atoms with Crippen molar-refractivity contribution in [2.75, 3.05) is 18.4 Å². The van der Waals surface area contributed by atoms with Crippen LogP contribution in [-0.4, -0.2) is 41.9 Å². The highest BCUT2D eigenvalue weighted by molar-refractivity contribution is 7.88. The van der Waals surface area contributed by atoms with E-state index in [1.165, 1.54) is 21.2 Å². The molecule has 0 aliphatic carbocycles. The van der Waals surface area contributed by atoms with E-state index >= 15 is 0 Å². The van der Waals surface area contributed by atoms with E-state index in [1.807, 2.05) is 61.5 Å². The van der Waals surface area contributed by atoms with E-state index in [0.29, 0.717) is 31.1 Å². The van der Waals surface area contributed by atoms with Crippen molar-refractivity contribution in [3.63, 3.8) is 0 Å². The number of rotatable bonds is 6. The highest BCUT2D eigenvalue weighted by atomic mass is 32.2. The van der Waals surface area contributed by atoms with E-state index in [-0.39, 0.29) is 17.6 Å². The lowest BCUT2D eigenvalue weighted by atomic mass is 9.97. The standard InChI is InChI=1S/C22H24N4O3S2/c1-16-7-9-19(10-8-16)21-24-25-22(30-21)23-20(27)18-11-13-26(14-12-18)31(28,29)15-17-5-3-2-4-6-17/h2-10,18H,11-15H2,1H3,(H,23,25,27). The lowest BCUT2D eigenvalue weighted by molar-refractivity contribution is -0.120. The van der Waals surface area contributed by atoms with Crippen LogP contribution in [0.3, 0.4) is 0 Å². The summed E-state index contributed by atoms with van der Waals surface area (Å²) in [7, 11) is -3.39. The van der Waals surface area contributed by atoms with Gasteiger partial charge in [0.25, 0.3) is 0 Å². The second-order valence-electron chi connectivity index (χ2n) is 7.68. The van der Waals surface area contributed by atoms with E-state index in [9.17, 15) is 13.2 Å². The Balaban J connectivity index is 1.32. The quantitative estimate of drug-likeness (QED) is 0.611. The molecule has 7 nitrogen and oxygen atoms in total. The van der Waals surface area contributed by atoms with Crippen LogP contribution in [0.15, 0.2) is 54.6 Å². The third kappa shape index (κ3) is 5.36. The minimum absolute atomic E-state index is 0.0166. The molecule has 2 heterocycles. The van der Waals surface area contributed by atoms with Gasteiger partial charge in [-0.2, -0.15) is 0 Å². The Labute approximate surface area is 186 Å². The maximum absolute atomic E-state index is 12.7. The largest absolute Gasteiger partial charge is 0.300 e. The van der Waals surface area contributed by atoms with E-state index in [4.69, 9.17) is 0 Å². The van der Waals surface area contributed by atoms with E-state index < -0.39 is 10.0 Å². The van der Waals surface area contributed by atoms with Gasteiger partial charge in [0.1, 0.15) is 5.01 Å². The number of hydrogen-bond acceptors (Lipinski definition) is 6. The Kier molecular flexibility index (Phi) is 6.45. The van der Waals surface area contributed by atoms with Crippen molar-refractivity contribution < 1.29 is 13.2 Å². The van der Waals surface area contributed by atoms with Gasteiger partial charge < -0.3 is 5.32 Å². The summed E-state index contributed by atoms with van der Waals surface area (Å²) in [5.41, 5.74) is 2.89. The zero-order chi connectivity index (χ0) is 21.8. The van der Waals surface area contributed by atoms with Crippen LogP contribution in [-0.2, 0) is 20.6 Å². The molecule has 1 aromatic heterocycles. The molecule has 3 aromatic rings. The normalized spacial score (nSPS) is 15.6. The summed E-state index contributed by atoms with van der Waals surface area (Å²) < 4.78 is 26.9. The molecule has 0 spiro atoms. The van der Waals surface area contributed by atoms with Crippen molar-refractivity contribution in [3.05, 3.63) is 65.7 Å². The van der Waals surface area contributed by atoms with Gasteiger partial charge in [0, 0.05) is 24.6 Å². The van der Waals surface area contributed by atoms with Crippen molar-refractivity contribution >= 4 is 32.4 Å². The van der Waals surface area contributed by atoms with Gasteiger partial charge in [-0.1, -0.05) is 71.5 Å². The molecular formula is C22H24N4O3S2. The minimum atomic E-state index is -3.39. The summed E-state index contributed by atoms with van der Waals surface area (Å²) in [6.07, 6.45) is 0.979. The SMILES string of the molecule is Cc1ccc(-c2nnc(NC(=O)C3CCN(S(=O)(=O)Cc4ccccc4)CC3)s2)cc1. The number of nitrogens with one attached hydrogen (secondary N) is 1. The molecule has 2 aromatic carbocycles. The lowest BCUT2D eigenvalue weighted by Crippen LogP contribution is -2.41. The molecule has 162 valence electrons. The number of carbonyl (C=O) groups excluding carboxylic acids is 1. The van der Waals surface area contributed by atoms with E-state index in [2.05, 4.69) is 15.5 Å².